The third-order valence-electron chi connectivity index (χ3n) is 3.66. The van der Waals surface area contributed by atoms with Crippen LogP contribution in [0.2, 0.25) is 0 Å². The molecule has 2 N–H and O–H groups in total. The Kier molecular flexibility index (Phi) is 4.72. The first kappa shape index (κ1) is 15.6. The van der Waals surface area contributed by atoms with Crippen molar-refractivity contribution in [3.05, 3.63) is 29.6 Å². The normalized spacial score (nSPS) is 20.6. The second-order valence-corrected chi connectivity index (χ2v) is 5.18. The first-order valence-electron chi connectivity index (χ1n) is 6.91. The molecule has 1 aromatic heterocycles. The van der Waals surface area contributed by atoms with Gasteiger partial charge in [0.2, 0.25) is 0 Å². The van der Waals surface area contributed by atoms with E-state index in [1.807, 2.05) is 6.92 Å². The fraction of sp³-hybridized carbons (Fsp3) is 0.571. The van der Waals surface area contributed by atoms with Crippen molar-refractivity contribution in [1.82, 2.24) is 15.2 Å². The molecule has 1 fully saturated rings. The monoisotopic (exact) mass is 299 g/mol. The van der Waals surface area contributed by atoms with Crippen LogP contribution >= 0.6 is 0 Å². The molecule has 2 amide bonds. The smallest absolute Gasteiger partial charge is 0.318 e. The van der Waals surface area contributed by atoms with Gasteiger partial charge in [0.1, 0.15) is 0 Å². The fourth-order valence-electron chi connectivity index (χ4n) is 2.52. The number of aromatic nitrogens is 1. The zero-order valence-electron chi connectivity index (χ0n) is 11.9. The molecule has 0 radical (unpaired) electrons. The van der Waals surface area contributed by atoms with Crippen molar-refractivity contribution in [3.8, 4) is 0 Å². The van der Waals surface area contributed by atoms with E-state index in [9.17, 15) is 13.6 Å². The number of hydrogen-bond donors (Lipinski definition) is 2. The predicted molar refractivity (Wildman–Crippen MR) is 73.0 cm³/mol. The van der Waals surface area contributed by atoms with Crippen LogP contribution in [0.15, 0.2) is 18.5 Å². The molecule has 5 nitrogen and oxygen atoms in total. The number of pyridine rings is 1. The minimum Gasteiger partial charge on any atom is -0.394 e. The van der Waals surface area contributed by atoms with E-state index in [2.05, 4.69) is 10.3 Å². The summed E-state index contributed by atoms with van der Waals surface area (Å²) in [5.41, 5.74) is 1.91. The Bertz CT molecular complexity index is 511. The molecule has 0 spiro atoms. The number of alkyl halides is 2. The molecule has 2 heterocycles. The minimum atomic E-state index is -2.93. The van der Waals surface area contributed by atoms with E-state index in [1.54, 1.807) is 18.5 Å². The number of urea groups is 1. The molecule has 0 bridgehead atoms. The number of likely N-dealkylation sites (tertiary alicyclic amines) is 1. The highest BCUT2D eigenvalue weighted by Gasteiger charge is 2.46. The van der Waals surface area contributed by atoms with Crippen molar-refractivity contribution in [1.29, 1.82) is 0 Å². The van der Waals surface area contributed by atoms with Crippen molar-refractivity contribution in [2.75, 3.05) is 13.2 Å². The average Bonchev–Trinajstić information content (AvgIpc) is 2.80. The highest BCUT2D eigenvalue weighted by atomic mass is 19.3. The maximum absolute atomic E-state index is 13.3. The van der Waals surface area contributed by atoms with Gasteiger partial charge in [-0.05, 0) is 23.6 Å². The lowest BCUT2D eigenvalue weighted by atomic mass is 10.1. The van der Waals surface area contributed by atoms with E-state index >= 15 is 0 Å². The van der Waals surface area contributed by atoms with E-state index in [1.165, 1.54) is 0 Å². The maximum Gasteiger partial charge on any atom is 0.318 e. The Hall–Kier alpha value is -1.76. The highest BCUT2D eigenvalue weighted by Crippen LogP contribution is 2.31. The Balaban J connectivity index is 1.98. The maximum atomic E-state index is 13.3. The number of aliphatic hydroxyl groups is 1. The molecular formula is C14H19F2N3O2. The Morgan fingerprint density at radius 2 is 2.33 bits per heavy atom. The summed E-state index contributed by atoms with van der Waals surface area (Å²) in [6, 6.07) is 0.384. The molecule has 0 saturated carbocycles. The third-order valence-corrected chi connectivity index (χ3v) is 3.66. The van der Waals surface area contributed by atoms with Crippen LogP contribution in [0.5, 0.6) is 0 Å². The van der Waals surface area contributed by atoms with Crippen LogP contribution in [0.4, 0.5) is 13.6 Å². The molecule has 116 valence electrons. The molecule has 0 aromatic carbocycles. The second kappa shape index (κ2) is 6.34. The van der Waals surface area contributed by atoms with Crippen LogP contribution in [-0.2, 0) is 13.0 Å². The van der Waals surface area contributed by atoms with Gasteiger partial charge >= 0.3 is 6.03 Å². The van der Waals surface area contributed by atoms with Crippen LogP contribution in [0.25, 0.3) is 0 Å². The predicted octanol–water partition coefficient (Wildman–Crippen LogP) is 1.56. The summed E-state index contributed by atoms with van der Waals surface area (Å²) < 4.78 is 26.7. The van der Waals surface area contributed by atoms with E-state index in [-0.39, 0.29) is 6.54 Å². The fourth-order valence-corrected chi connectivity index (χ4v) is 2.52. The van der Waals surface area contributed by atoms with E-state index in [0.717, 1.165) is 22.4 Å². The Morgan fingerprint density at radius 3 is 3.00 bits per heavy atom. The molecule has 1 aromatic rings. The number of rotatable bonds is 4. The molecule has 1 unspecified atom stereocenters. The number of hydrogen-bond acceptors (Lipinski definition) is 3. The van der Waals surface area contributed by atoms with Crippen molar-refractivity contribution < 1.29 is 18.7 Å². The molecule has 1 aliphatic heterocycles. The summed E-state index contributed by atoms with van der Waals surface area (Å²) >= 11 is 0. The summed E-state index contributed by atoms with van der Waals surface area (Å²) in [7, 11) is 0. The van der Waals surface area contributed by atoms with Gasteiger partial charge in [-0.1, -0.05) is 6.92 Å². The molecule has 1 aliphatic rings. The molecule has 21 heavy (non-hydrogen) atoms. The lowest BCUT2D eigenvalue weighted by Gasteiger charge is -2.22. The number of halogens is 2. The standard InChI is InChI=1S/C14H19F2N3O2/c1-2-10-6-17-4-3-11(10)7-18-13(21)19-9-14(15,16)5-12(19)8-20/h3-4,6,12,20H,2,5,7-9H2,1H3,(H,18,21). The number of aryl methyl sites for hydroxylation is 1. The molecule has 7 heteroatoms. The third kappa shape index (κ3) is 3.66. The number of aliphatic hydroxyl groups excluding tert-OH is 1. The van der Waals surface area contributed by atoms with Gasteiger partial charge in [-0.2, -0.15) is 0 Å². The van der Waals surface area contributed by atoms with Crippen molar-refractivity contribution >= 4 is 6.03 Å². The van der Waals surface area contributed by atoms with Crippen LogP contribution in [-0.4, -0.2) is 46.1 Å². The summed E-state index contributed by atoms with van der Waals surface area (Å²) in [5, 5.41) is 11.8. The largest absolute Gasteiger partial charge is 0.394 e. The number of amides is 2. The van der Waals surface area contributed by atoms with Gasteiger partial charge in [0.15, 0.2) is 0 Å². The lowest BCUT2D eigenvalue weighted by molar-refractivity contribution is 0.0141. The summed E-state index contributed by atoms with van der Waals surface area (Å²) in [5.74, 6) is -2.93. The van der Waals surface area contributed by atoms with Gasteiger partial charge in [0, 0.05) is 25.4 Å². The molecule has 2 rings (SSSR count). The van der Waals surface area contributed by atoms with E-state index in [0.29, 0.717) is 0 Å². The first-order chi connectivity index (χ1) is 9.96. The minimum absolute atomic E-state index is 0.255. The van der Waals surface area contributed by atoms with Crippen molar-refractivity contribution in [2.45, 2.75) is 38.3 Å². The van der Waals surface area contributed by atoms with E-state index in [4.69, 9.17) is 5.11 Å². The lowest BCUT2D eigenvalue weighted by Crippen LogP contribution is -2.44. The van der Waals surface area contributed by atoms with Gasteiger partial charge < -0.3 is 15.3 Å². The molecular weight excluding hydrogens is 280 g/mol. The van der Waals surface area contributed by atoms with Crippen LogP contribution in [0, 0.1) is 0 Å². The summed E-state index contributed by atoms with van der Waals surface area (Å²) in [4.78, 5) is 17.0. The average molecular weight is 299 g/mol. The summed E-state index contributed by atoms with van der Waals surface area (Å²) in [6.07, 6.45) is 3.63. The van der Waals surface area contributed by atoms with E-state index < -0.39 is 37.6 Å². The summed E-state index contributed by atoms with van der Waals surface area (Å²) in [6.45, 7) is 1.12. The zero-order chi connectivity index (χ0) is 15.5. The number of carbonyl (C=O) groups is 1. The zero-order valence-corrected chi connectivity index (χ0v) is 11.9. The topological polar surface area (TPSA) is 65.5 Å². The quantitative estimate of drug-likeness (QED) is 0.886. The molecule has 0 aliphatic carbocycles. The van der Waals surface area contributed by atoms with Gasteiger partial charge in [-0.3, -0.25) is 4.98 Å². The van der Waals surface area contributed by atoms with Crippen LogP contribution in [0.3, 0.4) is 0 Å². The Labute approximate surface area is 122 Å². The van der Waals surface area contributed by atoms with Crippen molar-refractivity contribution in [2.24, 2.45) is 0 Å². The van der Waals surface area contributed by atoms with Crippen LogP contribution in [0.1, 0.15) is 24.5 Å². The Morgan fingerprint density at radius 1 is 1.57 bits per heavy atom. The molecule has 1 atom stereocenters. The second-order valence-electron chi connectivity index (χ2n) is 5.18. The van der Waals surface area contributed by atoms with Crippen molar-refractivity contribution in [3.63, 3.8) is 0 Å². The first-order valence-corrected chi connectivity index (χ1v) is 6.91. The van der Waals surface area contributed by atoms with Gasteiger partial charge in [0.25, 0.3) is 5.92 Å². The number of carbonyl (C=O) groups excluding carboxylic acids is 1. The van der Waals surface area contributed by atoms with Gasteiger partial charge in [-0.25, -0.2) is 13.6 Å². The SMILES string of the molecule is CCc1cnccc1CNC(=O)N1CC(F)(F)CC1CO. The van der Waals surface area contributed by atoms with Gasteiger partial charge in [-0.15, -0.1) is 0 Å². The number of nitrogens with zero attached hydrogens (tertiary/aromatic N) is 2. The molecule has 1 saturated heterocycles. The van der Waals surface area contributed by atoms with Gasteiger partial charge in [0.05, 0.1) is 19.2 Å². The highest BCUT2D eigenvalue weighted by molar-refractivity contribution is 5.75. The van der Waals surface area contributed by atoms with Crippen LogP contribution < -0.4 is 5.32 Å². The number of nitrogens with one attached hydrogen (secondary N) is 1.